The van der Waals surface area contributed by atoms with Gasteiger partial charge in [-0.25, -0.2) is 0 Å². The maximum atomic E-state index is 12.4. The first kappa shape index (κ1) is 34.2. The topological polar surface area (TPSA) is 217 Å². The zero-order valence-corrected chi connectivity index (χ0v) is 27.4. The molecule has 0 saturated carbocycles. The van der Waals surface area contributed by atoms with Crippen LogP contribution in [0.1, 0.15) is 11.1 Å². The van der Waals surface area contributed by atoms with Crippen molar-refractivity contribution in [3.05, 3.63) is 71.8 Å². The van der Waals surface area contributed by atoms with Crippen LogP contribution in [0.3, 0.4) is 0 Å². The second kappa shape index (κ2) is 11.7. The molecule has 4 N–H and O–H groups in total. The Hall–Kier alpha value is -0.960. The molecule has 4 rings (SSSR count). The van der Waals surface area contributed by atoms with Gasteiger partial charge >= 0.3 is 0 Å². The summed E-state index contributed by atoms with van der Waals surface area (Å²) in [6.45, 7) is 0. The first-order valence-electron chi connectivity index (χ1n) is 9.90. The van der Waals surface area contributed by atoms with Crippen molar-refractivity contribution in [3.63, 3.8) is 0 Å². The molecule has 198 valence electrons. The summed E-state index contributed by atoms with van der Waals surface area (Å²) in [7, 11) is -21.4. The third-order valence-electron chi connectivity index (χ3n) is 5.48. The fourth-order valence-electron chi connectivity index (χ4n) is 4.25. The quantitative estimate of drug-likeness (QED) is 0.176. The fraction of sp³-hybridized carbons (Fsp3) is 0.0476. The van der Waals surface area contributed by atoms with Gasteiger partial charge in [0.1, 0.15) is 19.6 Å². The van der Waals surface area contributed by atoms with Crippen LogP contribution in [0.2, 0.25) is 0 Å². The third kappa shape index (κ3) is 6.92. The Morgan fingerprint density at radius 1 is 0.462 bits per heavy atom. The molecule has 4 aromatic rings. The van der Waals surface area contributed by atoms with Crippen molar-refractivity contribution in [2.45, 2.75) is 26.0 Å². The molecule has 39 heavy (non-hydrogen) atoms. The van der Waals surface area contributed by atoms with E-state index in [1.165, 1.54) is 36.4 Å². The number of rotatable bonds is 6. The van der Waals surface area contributed by atoms with Gasteiger partial charge in [0.2, 0.25) is 0 Å². The van der Waals surface area contributed by atoms with Crippen LogP contribution < -0.4 is 0 Å². The standard InChI is InChI=1S/C21H16O12S4.2Na/c22-34(23,24)18-14(9-12-5-1-3-7-16(12)20(18)36(28,29)30)11-15-10-13-6-2-4-8-17(13)21(37(31,32)33)19(15)35(25,26)27;;/h1-10H,11H2,(H,22,23,24)(H,25,26,27)(H,28,29,30)(H,31,32,33);;. The summed E-state index contributed by atoms with van der Waals surface area (Å²) in [6.07, 6.45) is -0.884. The predicted molar refractivity (Wildman–Crippen MR) is 141 cm³/mol. The Kier molecular flexibility index (Phi) is 10.3. The van der Waals surface area contributed by atoms with Gasteiger partial charge in [0, 0.05) is 76.3 Å². The van der Waals surface area contributed by atoms with Gasteiger partial charge in [-0.05, 0) is 34.0 Å². The molecule has 2 radical (unpaired) electrons. The van der Waals surface area contributed by atoms with E-state index in [1.807, 2.05) is 0 Å². The molecule has 0 heterocycles. The van der Waals surface area contributed by atoms with E-state index in [-0.39, 0.29) is 80.7 Å². The molecular weight excluding hydrogens is 618 g/mol. The van der Waals surface area contributed by atoms with Gasteiger partial charge in [-0.3, -0.25) is 18.2 Å². The molecule has 0 fully saturated rings. The minimum Gasteiger partial charge on any atom is -0.282 e. The average Bonchev–Trinajstić information content (AvgIpc) is 2.74. The Labute approximate surface area is 268 Å². The Morgan fingerprint density at radius 3 is 1.03 bits per heavy atom. The molecule has 0 unspecified atom stereocenters. The van der Waals surface area contributed by atoms with Gasteiger partial charge in [-0.1, -0.05) is 48.5 Å². The number of fused-ring (bicyclic) bond motifs is 2. The first-order chi connectivity index (χ1) is 16.9. The summed E-state index contributed by atoms with van der Waals surface area (Å²) in [5.74, 6) is 0. The molecule has 0 aliphatic rings. The molecule has 0 spiro atoms. The van der Waals surface area contributed by atoms with Gasteiger partial charge in [0.25, 0.3) is 40.5 Å². The third-order valence-corrected chi connectivity index (χ3v) is 9.58. The second-order valence-corrected chi connectivity index (χ2v) is 13.3. The van der Waals surface area contributed by atoms with E-state index in [0.29, 0.717) is 0 Å². The van der Waals surface area contributed by atoms with Crippen molar-refractivity contribution in [3.8, 4) is 0 Å². The van der Waals surface area contributed by atoms with Crippen LogP contribution in [0.25, 0.3) is 21.5 Å². The molecule has 4 aromatic carbocycles. The van der Waals surface area contributed by atoms with Gasteiger partial charge in [0.15, 0.2) is 0 Å². The second-order valence-electron chi connectivity index (χ2n) is 7.91. The van der Waals surface area contributed by atoms with E-state index in [9.17, 15) is 51.9 Å². The monoisotopic (exact) mass is 634 g/mol. The van der Waals surface area contributed by atoms with Crippen LogP contribution in [-0.2, 0) is 46.9 Å². The summed E-state index contributed by atoms with van der Waals surface area (Å²) >= 11 is 0. The molecular formula is C21H16Na2O12S4. The summed E-state index contributed by atoms with van der Waals surface area (Å²) < 4.78 is 138. The summed E-state index contributed by atoms with van der Waals surface area (Å²) in [4.78, 5) is -4.94. The first-order valence-corrected chi connectivity index (χ1v) is 15.7. The largest absolute Gasteiger partial charge is 0.296 e. The molecule has 0 atom stereocenters. The van der Waals surface area contributed by atoms with Crippen LogP contribution >= 0.6 is 0 Å². The molecule has 12 nitrogen and oxygen atoms in total. The number of hydrogen-bond donors (Lipinski definition) is 4. The molecule has 18 heteroatoms. The maximum absolute atomic E-state index is 12.4. The minimum atomic E-state index is -5.41. The van der Waals surface area contributed by atoms with Gasteiger partial charge in [0.05, 0.1) is 0 Å². The maximum Gasteiger partial charge on any atom is 0.296 e. The van der Waals surface area contributed by atoms with E-state index >= 15 is 0 Å². The molecule has 0 aliphatic heterocycles. The van der Waals surface area contributed by atoms with Crippen molar-refractivity contribution >= 4 is 121 Å². The van der Waals surface area contributed by atoms with E-state index in [2.05, 4.69) is 0 Å². The molecule has 0 amide bonds. The zero-order chi connectivity index (χ0) is 27.6. The van der Waals surface area contributed by atoms with Gasteiger partial charge < -0.3 is 0 Å². The molecule has 0 saturated heterocycles. The van der Waals surface area contributed by atoms with Gasteiger partial charge in [-0.2, -0.15) is 33.7 Å². The van der Waals surface area contributed by atoms with Crippen LogP contribution in [0.15, 0.2) is 80.2 Å². The smallest absolute Gasteiger partial charge is 0.282 e. The Bertz CT molecular complexity index is 1910. The SMILES string of the molecule is O=S(=O)(O)c1c(Cc2cc3ccccc3c(S(=O)(=O)O)c2S(=O)(=O)O)cc2ccccc2c1S(=O)(=O)O.[Na].[Na]. The zero-order valence-electron chi connectivity index (χ0n) is 20.2. The van der Waals surface area contributed by atoms with Crippen molar-refractivity contribution < 1.29 is 51.9 Å². The van der Waals surface area contributed by atoms with Crippen LogP contribution in [0.4, 0.5) is 0 Å². The molecule has 0 aromatic heterocycles. The van der Waals surface area contributed by atoms with E-state index in [1.54, 1.807) is 0 Å². The number of benzene rings is 4. The summed E-state index contributed by atoms with van der Waals surface area (Å²) in [5.41, 5.74) is -1.12. The summed E-state index contributed by atoms with van der Waals surface area (Å²) in [5, 5.41) is -0.453. The van der Waals surface area contributed by atoms with Crippen molar-refractivity contribution in [1.82, 2.24) is 0 Å². The van der Waals surface area contributed by atoms with Crippen molar-refractivity contribution in [2.75, 3.05) is 0 Å². The minimum absolute atomic E-state index is 0. The normalized spacial score (nSPS) is 12.6. The molecule has 0 aliphatic carbocycles. The molecule has 0 bridgehead atoms. The number of hydrogen-bond acceptors (Lipinski definition) is 8. The van der Waals surface area contributed by atoms with E-state index in [0.717, 1.165) is 24.3 Å². The van der Waals surface area contributed by atoms with Crippen molar-refractivity contribution in [2.24, 2.45) is 0 Å². The van der Waals surface area contributed by atoms with Crippen LogP contribution in [0.5, 0.6) is 0 Å². The van der Waals surface area contributed by atoms with Crippen LogP contribution in [-0.4, -0.2) is 111 Å². The fourth-order valence-corrected chi connectivity index (χ4v) is 8.78. The van der Waals surface area contributed by atoms with Crippen molar-refractivity contribution in [1.29, 1.82) is 0 Å². The Balaban J connectivity index is 0.00000267. The average molecular weight is 635 g/mol. The van der Waals surface area contributed by atoms with Gasteiger partial charge in [-0.15, -0.1) is 0 Å². The van der Waals surface area contributed by atoms with Crippen LogP contribution in [0, 0.1) is 0 Å². The predicted octanol–water partition coefficient (Wildman–Crippen LogP) is 1.81. The summed E-state index contributed by atoms with van der Waals surface area (Å²) in [6, 6.07) is 12.7. The van der Waals surface area contributed by atoms with E-state index < -0.39 is 77.6 Å². The van der Waals surface area contributed by atoms with E-state index in [4.69, 9.17) is 0 Å². The Morgan fingerprint density at radius 2 is 0.744 bits per heavy atom.